The fourth-order valence-electron chi connectivity index (χ4n) is 2.42. The van der Waals surface area contributed by atoms with E-state index < -0.39 is 8.32 Å². The highest BCUT2D eigenvalue weighted by Gasteiger charge is 2.40. The molecule has 0 bridgehead atoms. The number of hydrogen-bond acceptors (Lipinski definition) is 4. The van der Waals surface area contributed by atoms with E-state index in [1.165, 1.54) is 7.11 Å². The van der Waals surface area contributed by atoms with Crippen LogP contribution in [0.1, 0.15) is 33.6 Å². The lowest BCUT2D eigenvalue weighted by molar-refractivity contribution is -0.146. The molecule has 0 aromatic heterocycles. The van der Waals surface area contributed by atoms with Crippen molar-refractivity contribution in [2.24, 2.45) is 0 Å². The molecule has 124 valence electrons. The average molecular weight is 336 g/mol. The van der Waals surface area contributed by atoms with Crippen LogP contribution in [0.4, 0.5) is 0 Å². The molecule has 0 aliphatic carbocycles. The quantitative estimate of drug-likeness (QED) is 0.424. The second-order valence-corrected chi connectivity index (χ2v) is 12.4. The fraction of sp³-hybridized carbons (Fsp3) is 0.933. The maximum absolute atomic E-state index is 11.8. The Bertz CT molecular complexity index is 357. The SMILES string of the molecule is COC(=O)[C@@H]1CCCN1C[C@@H](CCl)O[Si](C)(C)C(C)(C)C. The number of rotatable bonds is 6. The zero-order valence-electron chi connectivity index (χ0n) is 14.2. The Morgan fingerprint density at radius 3 is 2.52 bits per heavy atom. The van der Waals surface area contributed by atoms with Gasteiger partial charge >= 0.3 is 5.97 Å². The van der Waals surface area contributed by atoms with Gasteiger partial charge in [0, 0.05) is 12.4 Å². The van der Waals surface area contributed by atoms with E-state index in [9.17, 15) is 4.79 Å². The molecule has 1 rings (SSSR count). The first-order valence-corrected chi connectivity index (χ1v) is 11.1. The van der Waals surface area contributed by atoms with Crippen molar-refractivity contribution in [3.63, 3.8) is 0 Å². The van der Waals surface area contributed by atoms with Crippen molar-refractivity contribution in [2.75, 3.05) is 26.1 Å². The first-order chi connectivity index (χ1) is 9.62. The largest absolute Gasteiger partial charge is 0.468 e. The predicted octanol–water partition coefficient (Wildman–Crippen LogP) is 3.25. The molecule has 0 amide bonds. The molecule has 21 heavy (non-hydrogen) atoms. The van der Waals surface area contributed by atoms with E-state index in [4.69, 9.17) is 20.8 Å². The number of esters is 1. The Labute approximate surface area is 135 Å². The number of methoxy groups -OCH3 is 1. The van der Waals surface area contributed by atoms with Gasteiger partial charge in [-0.05, 0) is 37.5 Å². The first kappa shape index (κ1) is 18.9. The van der Waals surface area contributed by atoms with E-state index in [0.717, 1.165) is 19.4 Å². The number of nitrogens with zero attached hydrogens (tertiary/aromatic N) is 1. The highest BCUT2D eigenvalue weighted by molar-refractivity contribution is 6.74. The third kappa shape index (κ3) is 4.95. The van der Waals surface area contributed by atoms with Gasteiger partial charge in [0.05, 0.1) is 13.2 Å². The van der Waals surface area contributed by atoms with Crippen molar-refractivity contribution >= 4 is 25.9 Å². The third-order valence-corrected chi connectivity index (χ3v) is 9.59. The Hall–Kier alpha value is -0.103. The molecule has 1 saturated heterocycles. The highest BCUT2D eigenvalue weighted by atomic mass is 35.5. The molecule has 1 aliphatic heterocycles. The van der Waals surface area contributed by atoms with Crippen LogP contribution in [0.2, 0.25) is 18.1 Å². The second kappa shape index (κ2) is 7.44. The number of hydrogen-bond donors (Lipinski definition) is 0. The molecule has 1 heterocycles. The minimum absolute atomic E-state index is 0.0298. The second-order valence-electron chi connectivity index (χ2n) is 7.33. The lowest BCUT2D eigenvalue weighted by Gasteiger charge is -2.40. The van der Waals surface area contributed by atoms with Gasteiger partial charge in [-0.3, -0.25) is 9.69 Å². The Kier molecular flexibility index (Phi) is 6.71. The molecule has 0 aromatic rings. The smallest absolute Gasteiger partial charge is 0.323 e. The predicted molar refractivity (Wildman–Crippen MR) is 89.4 cm³/mol. The minimum Gasteiger partial charge on any atom is -0.468 e. The van der Waals surface area contributed by atoms with Gasteiger partial charge in [-0.1, -0.05) is 20.8 Å². The molecular formula is C15H30ClNO3Si. The molecule has 6 heteroatoms. The van der Waals surface area contributed by atoms with Crippen LogP contribution in [0, 0.1) is 0 Å². The number of alkyl halides is 1. The minimum atomic E-state index is -1.85. The average Bonchev–Trinajstić information content (AvgIpc) is 2.83. The first-order valence-electron chi connectivity index (χ1n) is 7.68. The van der Waals surface area contributed by atoms with Gasteiger partial charge in [0.1, 0.15) is 6.04 Å². The Morgan fingerprint density at radius 1 is 1.43 bits per heavy atom. The monoisotopic (exact) mass is 335 g/mol. The van der Waals surface area contributed by atoms with Crippen LogP contribution in [0.25, 0.3) is 0 Å². The number of ether oxygens (including phenoxy) is 1. The zero-order chi connectivity index (χ0) is 16.3. The van der Waals surface area contributed by atoms with E-state index in [2.05, 4.69) is 38.8 Å². The van der Waals surface area contributed by atoms with E-state index in [-0.39, 0.29) is 23.2 Å². The summed E-state index contributed by atoms with van der Waals surface area (Å²) >= 11 is 6.12. The summed E-state index contributed by atoms with van der Waals surface area (Å²) in [5.41, 5.74) is 0. The summed E-state index contributed by atoms with van der Waals surface area (Å²) in [6.45, 7) is 12.7. The normalized spacial score (nSPS) is 22.3. The standard InChI is InChI=1S/C15H30ClNO3Si/c1-15(2,3)21(5,6)20-12(10-16)11-17-9-7-8-13(17)14(18)19-4/h12-13H,7-11H2,1-6H3/t12-,13+/m1/s1. The summed E-state index contributed by atoms with van der Waals surface area (Å²) in [5, 5.41) is 0.157. The Morgan fingerprint density at radius 2 is 2.05 bits per heavy atom. The van der Waals surface area contributed by atoms with Crippen molar-refractivity contribution in [3.05, 3.63) is 0 Å². The number of carbonyl (C=O) groups excluding carboxylic acids is 1. The number of carbonyl (C=O) groups is 1. The molecular weight excluding hydrogens is 306 g/mol. The van der Waals surface area contributed by atoms with Crippen LogP contribution in [0.15, 0.2) is 0 Å². The summed E-state index contributed by atoms with van der Waals surface area (Å²) in [6, 6.07) is -0.135. The summed E-state index contributed by atoms with van der Waals surface area (Å²) in [7, 11) is -0.397. The summed E-state index contributed by atoms with van der Waals surface area (Å²) in [6.07, 6.45) is 1.86. The van der Waals surface area contributed by atoms with E-state index in [1.807, 2.05) is 0 Å². The van der Waals surface area contributed by atoms with Crippen LogP contribution in [-0.2, 0) is 14.0 Å². The van der Waals surface area contributed by atoms with E-state index in [0.29, 0.717) is 12.4 Å². The van der Waals surface area contributed by atoms with Crippen LogP contribution in [0.3, 0.4) is 0 Å². The maximum atomic E-state index is 11.8. The lowest BCUT2D eigenvalue weighted by atomic mass is 10.2. The van der Waals surface area contributed by atoms with Crippen molar-refractivity contribution in [1.82, 2.24) is 4.90 Å². The van der Waals surface area contributed by atoms with Crippen molar-refractivity contribution in [3.8, 4) is 0 Å². The van der Waals surface area contributed by atoms with Gasteiger partial charge in [-0.2, -0.15) is 0 Å². The van der Waals surface area contributed by atoms with Gasteiger partial charge < -0.3 is 9.16 Å². The van der Waals surface area contributed by atoms with Crippen LogP contribution in [0.5, 0.6) is 0 Å². The van der Waals surface area contributed by atoms with Gasteiger partial charge in [-0.25, -0.2) is 0 Å². The van der Waals surface area contributed by atoms with Gasteiger partial charge in [-0.15, -0.1) is 11.6 Å². The van der Waals surface area contributed by atoms with Gasteiger partial charge in [0.25, 0.3) is 0 Å². The van der Waals surface area contributed by atoms with Crippen molar-refractivity contribution < 1.29 is 14.0 Å². The Balaban J connectivity index is 2.68. The third-order valence-electron chi connectivity index (χ3n) is 4.71. The molecule has 0 N–H and O–H groups in total. The maximum Gasteiger partial charge on any atom is 0.323 e. The number of halogens is 1. The molecule has 0 spiro atoms. The molecule has 0 saturated carbocycles. The fourth-order valence-corrected chi connectivity index (χ4v) is 4.03. The van der Waals surface area contributed by atoms with E-state index in [1.54, 1.807) is 0 Å². The van der Waals surface area contributed by atoms with Gasteiger partial charge in [0.2, 0.25) is 0 Å². The lowest BCUT2D eigenvalue weighted by Crippen LogP contribution is -2.49. The molecule has 0 aromatic carbocycles. The molecule has 1 fully saturated rings. The van der Waals surface area contributed by atoms with Crippen LogP contribution >= 0.6 is 11.6 Å². The van der Waals surface area contributed by atoms with Crippen LogP contribution in [-0.4, -0.2) is 57.4 Å². The summed E-state index contributed by atoms with van der Waals surface area (Å²) in [5.74, 6) is 0.310. The van der Waals surface area contributed by atoms with Crippen LogP contribution < -0.4 is 0 Å². The summed E-state index contributed by atoms with van der Waals surface area (Å²) in [4.78, 5) is 14.0. The molecule has 1 aliphatic rings. The number of likely N-dealkylation sites (tertiary alicyclic amines) is 1. The van der Waals surface area contributed by atoms with Crippen molar-refractivity contribution in [2.45, 2.75) is 63.9 Å². The molecule has 0 radical (unpaired) electrons. The molecule has 4 nitrogen and oxygen atoms in total. The molecule has 2 atom stereocenters. The van der Waals surface area contributed by atoms with Crippen molar-refractivity contribution in [1.29, 1.82) is 0 Å². The summed E-state index contributed by atoms with van der Waals surface area (Å²) < 4.78 is 11.3. The topological polar surface area (TPSA) is 38.8 Å². The van der Waals surface area contributed by atoms with E-state index >= 15 is 0 Å². The zero-order valence-corrected chi connectivity index (χ0v) is 16.0. The highest BCUT2D eigenvalue weighted by Crippen LogP contribution is 2.37. The van der Waals surface area contributed by atoms with Gasteiger partial charge in [0.15, 0.2) is 8.32 Å². The molecule has 0 unspecified atom stereocenters.